The van der Waals surface area contributed by atoms with Crippen LogP contribution in [0.25, 0.3) is 0 Å². The molecular weight excluding hydrogens is 365 g/mol. The molecule has 4 N–H and O–H groups in total. The monoisotopic (exact) mass is 378 g/mol. The van der Waals surface area contributed by atoms with E-state index in [1.54, 1.807) is 5.32 Å². The third-order valence-electron chi connectivity index (χ3n) is 2.87. The number of anilines is 1. The number of hydrogen-bond donors (Lipinski definition) is 3. The van der Waals surface area contributed by atoms with Crippen LogP contribution in [-0.2, 0) is 20.5 Å². The minimum Gasteiger partial charge on any atom is -0.451 e. The SMILES string of the molecule is CC(OC(=O)CNc1ccc(C(F)(F)F)cc1[N+](=O)[O-])C(=O)NC(N)=O. The van der Waals surface area contributed by atoms with E-state index in [9.17, 15) is 37.7 Å². The fraction of sp³-hybridized carbons (Fsp3) is 0.308. The molecule has 3 amide bonds. The number of primary amides is 1. The van der Waals surface area contributed by atoms with E-state index in [1.807, 2.05) is 0 Å². The maximum Gasteiger partial charge on any atom is 0.416 e. The molecule has 10 nitrogen and oxygen atoms in total. The molecule has 0 heterocycles. The molecular formula is C13H13F3N4O6. The molecule has 0 aliphatic carbocycles. The number of halogens is 3. The first-order valence-corrected chi connectivity index (χ1v) is 6.81. The predicted molar refractivity (Wildman–Crippen MR) is 79.9 cm³/mol. The highest BCUT2D eigenvalue weighted by atomic mass is 19.4. The number of hydrogen-bond acceptors (Lipinski definition) is 7. The zero-order chi connectivity index (χ0) is 20.1. The van der Waals surface area contributed by atoms with Crippen molar-refractivity contribution in [2.45, 2.75) is 19.2 Å². The van der Waals surface area contributed by atoms with Crippen molar-refractivity contribution in [2.24, 2.45) is 5.73 Å². The predicted octanol–water partition coefficient (Wildman–Crippen LogP) is 1.15. The van der Waals surface area contributed by atoms with E-state index in [-0.39, 0.29) is 5.69 Å². The van der Waals surface area contributed by atoms with Gasteiger partial charge in [0.05, 0.1) is 10.5 Å². The lowest BCUT2D eigenvalue weighted by atomic mass is 10.1. The van der Waals surface area contributed by atoms with Crippen LogP contribution in [0.1, 0.15) is 12.5 Å². The Hall–Kier alpha value is -3.38. The van der Waals surface area contributed by atoms with E-state index in [2.05, 4.69) is 10.1 Å². The Morgan fingerprint density at radius 2 is 1.96 bits per heavy atom. The van der Waals surface area contributed by atoms with Crippen LogP contribution >= 0.6 is 0 Å². The number of nitro groups is 1. The molecule has 0 fully saturated rings. The summed E-state index contributed by atoms with van der Waals surface area (Å²) in [6, 6.07) is 0.550. The summed E-state index contributed by atoms with van der Waals surface area (Å²) < 4.78 is 42.4. The van der Waals surface area contributed by atoms with Gasteiger partial charge in [-0.1, -0.05) is 0 Å². The van der Waals surface area contributed by atoms with Gasteiger partial charge in [-0.3, -0.25) is 25.0 Å². The van der Waals surface area contributed by atoms with Crippen LogP contribution in [0.5, 0.6) is 0 Å². The second-order valence-corrected chi connectivity index (χ2v) is 4.83. The average Bonchev–Trinajstić information content (AvgIpc) is 2.50. The van der Waals surface area contributed by atoms with E-state index in [1.165, 1.54) is 0 Å². The van der Waals surface area contributed by atoms with Crippen molar-refractivity contribution in [1.82, 2.24) is 5.32 Å². The minimum atomic E-state index is -4.77. The Labute approximate surface area is 143 Å². The van der Waals surface area contributed by atoms with Crippen molar-refractivity contribution >= 4 is 29.3 Å². The van der Waals surface area contributed by atoms with E-state index in [0.717, 1.165) is 13.0 Å². The van der Waals surface area contributed by atoms with Gasteiger partial charge < -0.3 is 15.8 Å². The topological polar surface area (TPSA) is 154 Å². The summed E-state index contributed by atoms with van der Waals surface area (Å²) in [4.78, 5) is 43.3. The highest BCUT2D eigenvalue weighted by molar-refractivity contribution is 5.96. The van der Waals surface area contributed by atoms with Gasteiger partial charge in [-0.25, -0.2) is 4.79 Å². The van der Waals surface area contributed by atoms with Gasteiger partial charge in [-0.15, -0.1) is 0 Å². The molecule has 0 saturated carbocycles. The highest BCUT2D eigenvalue weighted by Gasteiger charge is 2.33. The van der Waals surface area contributed by atoms with Crippen LogP contribution < -0.4 is 16.4 Å². The fourth-order valence-corrected chi connectivity index (χ4v) is 1.69. The van der Waals surface area contributed by atoms with E-state index >= 15 is 0 Å². The number of carbonyl (C=O) groups excluding carboxylic acids is 3. The van der Waals surface area contributed by atoms with Gasteiger partial charge in [0.1, 0.15) is 12.2 Å². The van der Waals surface area contributed by atoms with Gasteiger partial charge in [0.2, 0.25) is 0 Å². The van der Waals surface area contributed by atoms with Gasteiger partial charge >= 0.3 is 18.2 Å². The number of nitro benzene ring substituents is 1. The molecule has 1 rings (SSSR count). The number of carbonyl (C=O) groups is 3. The van der Waals surface area contributed by atoms with Crippen molar-refractivity contribution in [3.05, 3.63) is 33.9 Å². The van der Waals surface area contributed by atoms with Gasteiger partial charge in [0.25, 0.3) is 11.6 Å². The molecule has 0 bridgehead atoms. The molecule has 0 spiro atoms. The van der Waals surface area contributed by atoms with Crippen molar-refractivity contribution in [3.63, 3.8) is 0 Å². The van der Waals surface area contributed by atoms with Crippen molar-refractivity contribution in [2.75, 3.05) is 11.9 Å². The Morgan fingerprint density at radius 1 is 1.35 bits per heavy atom. The molecule has 1 aromatic carbocycles. The van der Waals surface area contributed by atoms with E-state index in [4.69, 9.17) is 5.73 Å². The number of benzene rings is 1. The number of rotatable bonds is 6. The summed E-state index contributed by atoms with van der Waals surface area (Å²) in [5.74, 6) is -2.04. The lowest BCUT2D eigenvalue weighted by Crippen LogP contribution is -2.42. The third kappa shape index (κ3) is 5.92. The summed E-state index contributed by atoms with van der Waals surface area (Å²) in [7, 11) is 0. The maximum atomic E-state index is 12.6. The highest BCUT2D eigenvalue weighted by Crippen LogP contribution is 2.34. The molecule has 0 saturated heterocycles. The molecule has 26 heavy (non-hydrogen) atoms. The second kappa shape index (κ2) is 8.13. The number of urea groups is 1. The normalized spacial score (nSPS) is 12.0. The number of amides is 3. The summed E-state index contributed by atoms with van der Waals surface area (Å²) in [5.41, 5.74) is 2.24. The smallest absolute Gasteiger partial charge is 0.416 e. The Balaban J connectivity index is 2.77. The first-order valence-electron chi connectivity index (χ1n) is 6.81. The fourth-order valence-electron chi connectivity index (χ4n) is 1.69. The molecule has 1 aromatic rings. The number of nitrogens with zero attached hydrogens (tertiary/aromatic N) is 1. The molecule has 0 aliphatic rings. The van der Waals surface area contributed by atoms with Crippen molar-refractivity contribution < 1.29 is 37.2 Å². The standard InChI is InChI=1S/C13H13F3N4O6/c1-6(11(22)19-12(17)23)26-10(21)5-18-8-3-2-7(13(14,15)16)4-9(8)20(24)25/h2-4,6,18H,5H2,1H3,(H3,17,19,22,23). The summed E-state index contributed by atoms with van der Waals surface area (Å²) >= 11 is 0. The van der Waals surface area contributed by atoms with E-state index < -0.39 is 52.9 Å². The van der Waals surface area contributed by atoms with Crippen LogP contribution in [-0.4, -0.2) is 35.5 Å². The lowest BCUT2D eigenvalue weighted by molar-refractivity contribution is -0.384. The van der Waals surface area contributed by atoms with Crippen LogP contribution in [0, 0.1) is 10.1 Å². The van der Waals surface area contributed by atoms with Crippen LogP contribution in [0.2, 0.25) is 0 Å². The zero-order valence-electron chi connectivity index (χ0n) is 13.1. The van der Waals surface area contributed by atoms with Gasteiger partial charge in [0, 0.05) is 6.07 Å². The van der Waals surface area contributed by atoms with Gasteiger partial charge in [-0.05, 0) is 19.1 Å². The molecule has 0 aliphatic heterocycles. The Kier molecular flexibility index (Phi) is 6.46. The van der Waals surface area contributed by atoms with Crippen LogP contribution in [0.3, 0.4) is 0 Å². The number of nitrogens with two attached hydrogens (primary N) is 1. The molecule has 0 radical (unpaired) electrons. The molecule has 1 atom stereocenters. The number of imide groups is 1. The van der Waals surface area contributed by atoms with E-state index in [0.29, 0.717) is 12.1 Å². The average molecular weight is 378 g/mol. The lowest BCUT2D eigenvalue weighted by Gasteiger charge is -2.13. The number of nitrogens with one attached hydrogen (secondary N) is 2. The first kappa shape index (κ1) is 20.7. The van der Waals surface area contributed by atoms with Crippen LogP contribution in [0.15, 0.2) is 18.2 Å². The first-order chi connectivity index (χ1) is 11.9. The number of alkyl halides is 3. The maximum absolute atomic E-state index is 12.6. The summed E-state index contributed by atoms with van der Waals surface area (Å²) in [5, 5.41) is 14.8. The minimum absolute atomic E-state index is 0.316. The van der Waals surface area contributed by atoms with Gasteiger partial charge in [-0.2, -0.15) is 13.2 Å². The number of esters is 1. The summed E-state index contributed by atoms with van der Waals surface area (Å²) in [6.45, 7) is 0.456. The molecule has 0 aromatic heterocycles. The zero-order valence-corrected chi connectivity index (χ0v) is 13.1. The Bertz CT molecular complexity index is 737. The molecule has 13 heteroatoms. The second-order valence-electron chi connectivity index (χ2n) is 4.83. The van der Waals surface area contributed by atoms with Crippen molar-refractivity contribution in [1.29, 1.82) is 0 Å². The summed E-state index contributed by atoms with van der Waals surface area (Å²) in [6.07, 6.45) is -6.16. The number of ether oxygens (including phenoxy) is 1. The van der Waals surface area contributed by atoms with Crippen molar-refractivity contribution in [3.8, 4) is 0 Å². The van der Waals surface area contributed by atoms with Crippen LogP contribution in [0.4, 0.5) is 29.3 Å². The third-order valence-corrected chi connectivity index (χ3v) is 2.87. The Morgan fingerprint density at radius 3 is 2.46 bits per heavy atom. The quantitative estimate of drug-likeness (QED) is 0.381. The van der Waals surface area contributed by atoms with Gasteiger partial charge in [0.15, 0.2) is 6.10 Å². The molecule has 1 unspecified atom stereocenters. The largest absolute Gasteiger partial charge is 0.451 e. The molecule has 142 valence electrons.